The number of nitrogens with one attached hydrogen (secondary N) is 2. The normalized spacial score (nSPS) is 25.7. The lowest BCUT2D eigenvalue weighted by atomic mass is 9.83. The molecule has 23 heavy (non-hydrogen) atoms. The Hall–Kier alpha value is -0.900. The second-order valence-corrected chi connectivity index (χ2v) is 8.23. The quantitative estimate of drug-likeness (QED) is 0.596. The van der Waals surface area contributed by atoms with Crippen molar-refractivity contribution in [1.82, 2.24) is 14.9 Å². The van der Waals surface area contributed by atoms with Crippen molar-refractivity contribution < 1.29 is 23.1 Å². The molecule has 1 spiro atoms. The van der Waals surface area contributed by atoms with Crippen LogP contribution in [-0.2, 0) is 19.6 Å². The van der Waals surface area contributed by atoms with E-state index in [0.717, 1.165) is 0 Å². The Morgan fingerprint density at radius 2 is 2.04 bits per heavy atom. The monoisotopic (exact) mass is 369 g/mol. The van der Waals surface area contributed by atoms with Crippen LogP contribution in [0.3, 0.4) is 0 Å². The molecule has 0 saturated carbocycles. The van der Waals surface area contributed by atoms with Gasteiger partial charge in [0, 0.05) is 24.5 Å². The highest BCUT2D eigenvalue weighted by atomic mass is 35.5. The molecule has 0 radical (unpaired) electrons. The van der Waals surface area contributed by atoms with Crippen LogP contribution >= 0.6 is 12.4 Å². The summed E-state index contributed by atoms with van der Waals surface area (Å²) >= 11 is 0. The first-order chi connectivity index (χ1) is 10.2. The van der Waals surface area contributed by atoms with Gasteiger partial charge in [-0.2, -0.15) is 0 Å². The molecule has 0 aromatic rings. The predicted octanol–water partition coefficient (Wildman–Crippen LogP) is -0.599. The zero-order chi connectivity index (χ0) is 16.5. The van der Waals surface area contributed by atoms with Crippen molar-refractivity contribution in [2.45, 2.75) is 37.3 Å². The third-order valence-electron chi connectivity index (χ3n) is 4.71. The number of carboxylic acids is 1. The second kappa shape index (κ2) is 7.33. The number of hydrogen-bond donors (Lipinski definition) is 3. The number of carboxylic acid groups (broad SMARTS) is 1. The molecule has 2 rings (SSSR count). The van der Waals surface area contributed by atoms with Gasteiger partial charge in [0.25, 0.3) is 0 Å². The van der Waals surface area contributed by atoms with E-state index in [1.807, 2.05) is 0 Å². The van der Waals surface area contributed by atoms with E-state index in [-0.39, 0.29) is 36.2 Å². The van der Waals surface area contributed by atoms with E-state index in [4.69, 9.17) is 5.11 Å². The van der Waals surface area contributed by atoms with E-state index in [1.165, 1.54) is 10.6 Å². The second-order valence-electron chi connectivity index (χ2n) is 6.25. The zero-order valence-corrected chi connectivity index (χ0v) is 14.9. The maximum atomic E-state index is 12.1. The van der Waals surface area contributed by atoms with Gasteiger partial charge in [-0.25, -0.2) is 12.7 Å². The number of piperidine rings is 1. The third-order valence-corrected chi connectivity index (χ3v) is 6.01. The Morgan fingerprint density at radius 1 is 1.48 bits per heavy atom. The lowest BCUT2D eigenvalue weighted by Gasteiger charge is -2.38. The molecule has 2 aliphatic rings. The fourth-order valence-electron chi connectivity index (χ4n) is 3.37. The number of halogens is 1. The van der Waals surface area contributed by atoms with E-state index >= 15 is 0 Å². The largest absolute Gasteiger partial charge is 0.480 e. The number of carbonyl (C=O) groups is 2. The van der Waals surface area contributed by atoms with Gasteiger partial charge in [0.05, 0.1) is 6.26 Å². The summed E-state index contributed by atoms with van der Waals surface area (Å²) < 4.78 is 24.5. The fraction of sp³-hybridized carbons (Fsp3) is 0.846. The van der Waals surface area contributed by atoms with Gasteiger partial charge in [0.2, 0.25) is 15.9 Å². The number of hydrogen-bond acceptors (Lipinski definition) is 5. The first kappa shape index (κ1) is 20.1. The van der Waals surface area contributed by atoms with Crippen LogP contribution in [0.1, 0.15) is 25.7 Å². The summed E-state index contributed by atoms with van der Waals surface area (Å²) in [6, 6.07) is -0.748. The SMILES string of the molecule is CN[C@@H](C[C@H]1CC2(CCN(S(C)(=O)=O)CC2)NC1=O)C(=O)O.Cl. The van der Waals surface area contributed by atoms with Crippen molar-refractivity contribution in [2.24, 2.45) is 5.92 Å². The van der Waals surface area contributed by atoms with Crippen LogP contribution in [0.5, 0.6) is 0 Å². The summed E-state index contributed by atoms with van der Waals surface area (Å²) in [6.07, 6.45) is 3.13. The summed E-state index contributed by atoms with van der Waals surface area (Å²) in [5.74, 6) is -1.45. The van der Waals surface area contributed by atoms with Gasteiger partial charge >= 0.3 is 5.97 Å². The van der Waals surface area contributed by atoms with E-state index in [2.05, 4.69) is 10.6 Å². The Bertz CT molecular complexity index is 560. The predicted molar refractivity (Wildman–Crippen MR) is 87.0 cm³/mol. The highest BCUT2D eigenvalue weighted by Crippen LogP contribution is 2.36. The highest BCUT2D eigenvalue weighted by Gasteiger charge is 2.47. The van der Waals surface area contributed by atoms with Crippen LogP contribution in [0, 0.1) is 5.92 Å². The Labute approximate surface area is 142 Å². The topological polar surface area (TPSA) is 116 Å². The molecule has 2 heterocycles. The molecule has 2 fully saturated rings. The average molecular weight is 370 g/mol. The fourth-order valence-corrected chi connectivity index (χ4v) is 4.22. The number of carbonyl (C=O) groups excluding carboxylic acids is 1. The molecule has 3 N–H and O–H groups in total. The lowest BCUT2D eigenvalue weighted by Crippen LogP contribution is -2.51. The number of nitrogens with zero attached hydrogens (tertiary/aromatic N) is 1. The van der Waals surface area contributed by atoms with E-state index in [0.29, 0.717) is 32.4 Å². The minimum Gasteiger partial charge on any atom is -0.480 e. The van der Waals surface area contributed by atoms with Crippen LogP contribution < -0.4 is 10.6 Å². The number of likely N-dealkylation sites (N-methyl/N-ethyl adjacent to an activating group) is 1. The smallest absolute Gasteiger partial charge is 0.320 e. The van der Waals surface area contributed by atoms with Gasteiger partial charge in [0.15, 0.2) is 0 Å². The molecule has 134 valence electrons. The highest BCUT2D eigenvalue weighted by molar-refractivity contribution is 7.88. The molecule has 2 atom stereocenters. The van der Waals surface area contributed by atoms with Crippen molar-refractivity contribution in [3.63, 3.8) is 0 Å². The van der Waals surface area contributed by atoms with Gasteiger partial charge < -0.3 is 15.7 Å². The molecule has 8 nitrogen and oxygen atoms in total. The number of aliphatic carboxylic acids is 1. The Kier molecular flexibility index (Phi) is 6.42. The first-order valence-corrected chi connectivity index (χ1v) is 9.19. The minimum atomic E-state index is -3.20. The van der Waals surface area contributed by atoms with Gasteiger partial charge in [0.1, 0.15) is 6.04 Å². The molecule has 0 aromatic heterocycles. The van der Waals surface area contributed by atoms with Crippen LogP contribution in [0.15, 0.2) is 0 Å². The summed E-state index contributed by atoms with van der Waals surface area (Å²) in [5, 5.41) is 14.8. The van der Waals surface area contributed by atoms with Crippen LogP contribution in [0.2, 0.25) is 0 Å². The summed E-state index contributed by atoms with van der Waals surface area (Å²) in [5.41, 5.74) is -0.389. The molecule has 0 aromatic carbocycles. The molecular formula is C13H24ClN3O5S. The van der Waals surface area contributed by atoms with Crippen molar-refractivity contribution >= 4 is 34.3 Å². The van der Waals surface area contributed by atoms with Crippen LogP contribution in [0.25, 0.3) is 0 Å². The van der Waals surface area contributed by atoms with Gasteiger partial charge in [-0.1, -0.05) is 0 Å². The summed E-state index contributed by atoms with van der Waals surface area (Å²) in [6.45, 7) is 0.778. The molecular weight excluding hydrogens is 346 g/mol. The standard InChI is InChI=1S/C13H23N3O5S.ClH/c1-14-10(12(18)19)7-9-8-13(15-11(9)17)3-5-16(6-4-13)22(2,20)21;/h9-10,14H,3-8H2,1-2H3,(H,15,17)(H,18,19);1H/t9-,10-;/m0./s1. The van der Waals surface area contributed by atoms with Crippen molar-refractivity contribution in [3.8, 4) is 0 Å². The number of amides is 1. The van der Waals surface area contributed by atoms with Gasteiger partial charge in [-0.15, -0.1) is 12.4 Å². The molecule has 2 aliphatic heterocycles. The molecule has 2 saturated heterocycles. The first-order valence-electron chi connectivity index (χ1n) is 7.34. The number of sulfonamides is 1. The van der Waals surface area contributed by atoms with Gasteiger partial charge in [-0.05, 0) is 32.7 Å². The van der Waals surface area contributed by atoms with Crippen molar-refractivity contribution in [2.75, 3.05) is 26.4 Å². The summed E-state index contributed by atoms with van der Waals surface area (Å²) in [4.78, 5) is 23.2. The van der Waals surface area contributed by atoms with Gasteiger partial charge in [-0.3, -0.25) is 9.59 Å². The van der Waals surface area contributed by atoms with E-state index in [1.54, 1.807) is 7.05 Å². The molecule has 0 aliphatic carbocycles. The third kappa shape index (κ3) is 4.56. The van der Waals surface area contributed by atoms with E-state index < -0.39 is 22.0 Å². The lowest BCUT2D eigenvalue weighted by molar-refractivity contribution is -0.140. The van der Waals surface area contributed by atoms with Crippen LogP contribution in [-0.4, -0.2) is 67.7 Å². The molecule has 1 amide bonds. The average Bonchev–Trinajstić information content (AvgIpc) is 2.71. The Balaban J connectivity index is 0.00000264. The summed E-state index contributed by atoms with van der Waals surface area (Å²) in [7, 11) is -1.64. The minimum absolute atomic E-state index is 0. The molecule has 10 heteroatoms. The van der Waals surface area contributed by atoms with Crippen molar-refractivity contribution in [1.29, 1.82) is 0 Å². The number of rotatable bonds is 5. The Morgan fingerprint density at radius 3 is 2.48 bits per heavy atom. The van der Waals surface area contributed by atoms with Crippen molar-refractivity contribution in [3.05, 3.63) is 0 Å². The van der Waals surface area contributed by atoms with E-state index in [9.17, 15) is 18.0 Å². The zero-order valence-electron chi connectivity index (χ0n) is 13.2. The van der Waals surface area contributed by atoms with Crippen LogP contribution in [0.4, 0.5) is 0 Å². The molecule has 0 bridgehead atoms. The maximum absolute atomic E-state index is 12.1. The molecule has 0 unspecified atom stereocenters. The maximum Gasteiger partial charge on any atom is 0.320 e.